The molecular weight excluding hydrogens is 700 g/mol. The van der Waals surface area contributed by atoms with Crippen molar-refractivity contribution in [2.24, 2.45) is 11.8 Å². The fourth-order valence-electron chi connectivity index (χ4n) is 4.52. The van der Waals surface area contributed by atoms with Crippen LogP contribution in [0.15, 0.2) is 0 Å². The molecule has 1 aliphatic rings. The summed E-state index contributed by atoms with van der Waals surface area (Å²) in [6, 6.07) is 0. The average Bonchev–Trinajstić information content (AvgIpc) is 2.93. The van der Waals surface area contributed by atoms with Gasteiger partial charge in [-0.3, -0.25) is 4.79 Å². The summed E-state index contributed by atoms with van der Waals surface area (Å²) in [7, 11) is 0. The summed E-state index contributed by atoms with van der Waals surface area (Å²) in [5, 5.41) is 0. The molecule has 0 saturated heterocycles. The molecule has 1 fully saturated rings. The highest BCUT2D eigenvalue weighted by Crippen LogP contribution is 2.65. The van der Waals surface area contributed by atoms with Crippen molar-refractivity contribution in [1.29, 1.82) is 0 Å². The van der Waals surface area contributed by atoms with Gasteiger partial charge in [0.05, 0.1) is 0 Å². The third-order valence-electron chi connectivity index (χ3n) is 7.62. The molecule has 0 N–H and O–H groups in total. The lowest BCUT2D eigenvalue weighted by atomic mass is 9.78. The smallest absolute Gasteiger partial charge is 0.385 e. The zero-order chi connectivity index (χ0) is 36.6. The van der Waals surface area contributed by atoms with E-state index in [0.717, 1.165) is 19.3 Å². The molecule has 0 atom stereocenters. The number of unbranched alkanes of at least 4 members (excludes halogenated alkanes) is 1. The molecule has 0 unspecified atom stereocenters. The molecule has 46 heavy (non-hydrogen) atoms. The van der Waals surface area contributed by atoms with Gasteiger partial charge in [0.1, 0.15) is 0 Å². The van der Waals surface area contributed by atoms with E-state index in [9.17, 15) is 92.6 Å². The van der Waals surface area contributed by atoms with Crippen LogP contribution >= 0.6 is 0 Å². The summed E-state index contributed by atoms with van der Waals surface area (Å²) >= 11 is 0. The zero-order valence-electron chi connectivity index (χ0n) is 23.2. The lowest BCUT2D eigenvalue weighted by Gasteiger charge is -2.44. The molecule has 0 aromatic carbocycles. The lowest BCUT2D eigenvalue weighted by molar-refractivity contribution is -0.465. The second kappa shape index (κ2) is 13.5. The van der Waals surface area contributed by atoms with Crippen LogP contribution in [-0.4, -0.2) is 72.3 Å². The standard InChI is InChI=1S/C24H26F20O2/c1-2-3-4-12-5-7-13(8-6-12)9-10-14(45)46-11-16(27,28)18(31,32)20(35,36)22(39,40)24(43,44)23(41,42)21(37,38)19(33,34)17(29,30)15(25)26/h12-13,15H,2-11H2,1H3/t12-,13-. The van der Waals surface area contributed by atoms with Crippen LogP contribution in [0, 0.1) is 11.8 Å². The van der Waals surface area contributed by atoms with Gasteiger partial charge in [0.2, 0.25) is 0 Å². The minimum Gasteiger partial charge on any atom is -0.459 e. The molecule has 0 aliphatic heterocycles. The predicted octanol–water partition coefficient (Wildman–Crippen LogP) is 10.3. The Labute approximate surface area is 247 Å². The predicted molar refractivity (Wildman–Crippen MR) is 116 cm³/mol. The maximum atomic E-state index is 14.0. The van der Waals surface area contributed by atoms with Gasteiger partial charge >= 0.3 is 65.7 Å². The quantitative estimate of drug-likeness (QED) is 0.110. The highest BCUT2D eigenvalue weighted by atomic mass is 19.4. The molecule has 0 heterocycles. The van der Waals surface area contributed by atoms with Crippen molar-refractivity contribution in [3.63, 3.8) is 0 Å². The number of esters is 1. The van der Waals surface area contributed by atoms with Crippen molar-refractivity contribution in [3.05, 3.63) is 0 Å². The number of ether oxygens (including phenoxy) is 1. The van der Waals surface area contributed by atoms with Crippen molar-refractivity contribution < 1.29 is 97.3 Å². The number of carbonyl (C=O) groups is 1. The molecule has 0 amide bonds. The summed E-state index contributed by atoms with van der Waals surface area (Å²) in [5.74, 6) is -77.4. The maximum absolute atomic E-state index is 14.0. The molecular formula is C24H26F20O2. The fraction of sp³-hybridized carbons (Fsp3) is 0.958. The molecule has 2 nitrogen and oxygen atoms in total. The number of alkyl halides is 20. The highest BCUT2D eigenvalue weighted by molar-refractivity contribution is 5.69. The van der Waals surface area contributed by atoms with Crippen LogP contribution in [0.25, 0.3) is 0 Å². The highest BCUT2D eigenvalue weighted by Gasteiger charge is 2.96. The largest absolute Gasteiger partial charge is 0.459 e. The third kappa shape index (κ3) is 6.95. The fourth-order valence-corrected chi connectivity index (χ4v) is 4.52. The van der Waals surface area contributed by atoms with Crippen LogP contribution in [0.2, 0.25) is 0 Å². The number of carbonyl (C=O) groups excluding carboxylic acids is 1. The molecule has 0 bridgehead atoms. The van der Waals surface area contributed by atoms with Crippen molar-refractivity contribution in [1.82, 2.24) is 0 Å². The van der Waals surface area contributed by atoms with Gasteiger partial charge in [0.25, 0.3) is 0 Å². The van der Waals surface area contributed by atoms with E-state index >= 15 is 0 Å². The van der Waals surface area contributed by atoms with Crippen LogP contribution in [0.1, 0.15) is 64.7 Å². The van der Waals surface area contributed by atoms with Gasteiger partial charge in [0.15, 0.2) is 6.61 Å². The second-order valence-corrected chi connectivity index (χ2v) is 10.9. The van der Waals surface area contributed by atoms with E-state index in [-0.39, 0.29) is 12.3 Å². The maximum Gasteiger partial charge on any atom is 0.385 e. The lowest BCUT2D eigenvalue weighted by Crippen LogP contribution is -2.76. The molecule has 274 valence electrons. The third-order valence-corrected chi connectivity index (χ3v) is 7.62. The first-order valence-corrected chi connectivity index (χ1v) is 13.2. The van der Waals surface area contributed by atoms with Gasteiger partial charge in [-0.1, -0.05) is 51.9 Å². The van der Waals surface area contributed by atoms with Crippen molar-refractivity contribution >= 4 is 5.97 Å². The van der Waals surface area contributed by atoms with Crippen molar-refractivity contribution in [2.45, 2.75) is 124 Å². The van der Waals surface area contributed by atoms with Gasteiger partial charge in [-0.25, -0.2) is 8.78 Å². The topological polar surface area (TPSA) is 26.3 Å². The summed E-state index contributed by atoms with van der Waals surface area (Å²) in [6.45, 7) is -1.36. The van der Waals surface area contributed by atoms with Crippen LogP contribution in [0.4, 0.5) is 87.8 Å². The minimum atomic E-state index is -9.07. The summed E-state index contributed by atoms with van der Waals surface area (Å²) in [6.07, 6.45) is -1.84. The first-order valence-electron chi connectivity index (χ1n) is 13.2. The molecule has 1 aliphatic carbocycles. The molecule has 1 rings (SSSR count). The van der Waals surface area contributed by atoms with Crippen LogP contribution in [0.3, 0.4) is 0 Å². The zero-order valence-corrected chi connectivity index (χ0v) is 23.2. The van der Waals surface area contributed by atoms with Gasteiger partial charge in [0, 0.05) is 6.42 Å². The van der Waals surface area contributed by atoms with Gasteiger partial charge in [-0.05, 0) is 18.3 Å². The Morgan fingerprint density at radius 3 is 1.30 bits per heavy atom. The number of rotatable bonds is 17. The molecule has 0 aromatic rings. The SMILES string of the molecule is CCCC[C@H]1CC[C@H](CCC(=O)OCC(F)(F)C(F)(F)C(F)(F)C(F)(F)C(F)(F)C(F)(F)C(F)(F)C(F)(F)C(F)(F)C(F)F)CC1. The molecule has 22 heteroatoms. The van der Waals surface area contributed by atoms with Crippen LogP contribution in [-0.2, 0) is 9.53 Å². The molecule has 0 aromatic heterocycles. The summed E-state index contributed by atoms with van der Waals surface area (Å²) in [4.78, 5) is 11.7. The Morgan fingerprint density at radius 1 is 0.587 bits per heavy atom. The Hall–Kier alpha value is -1.93. The van der Waals surface area contributed by atoms with E-state index in [2.05, 4.69) is 4.74 Å². The molecule has 1 saturated carbocycles. The number of hydrogen-bond acceptors (Lipinski definition) is 2. The van der Waals surface area contributed by atoms with Crippen molar-refractivity contribution in [3.8, 4) is 0 Å². The normalized spacial score (nSPS) is 20.3. The first-order chi connectivity index (χ1) is 20.3. The first kappa shape index (κ1) is 42.1. The Morgan fingerprint density at radius 2 is 0.935 bits per heavy atom. The molecule has 0 radical (unpaired) electrons. The Kier molecular flexibility index (Phi) is 12.4. The van der Waals surface area contributed by atoms with Gasteiger partial charge in [-0.15, -0.1) is 0 Å². The summed E-state index contributed by atoms with van der Waals surface area (Å²) < 4.78 is 273. The number of hydrogen-bond donors (Lipinski definition) is 0. The van der Waals surface area contributed by atoms with Gasteiger partial charge in [-0.2, -0.15) is 79.0 Å². The molecule has 0 spiro atoms. The monoisotopic (exact) mass is 726 g/mol. The van der Waals surface area contributed by atoms with Crippen LogP contribution < -0.4 is 0 Å². The van der Waals surface area contributed by atoms with E-state index in [1.165, 1.54) is 0 Å². The van der Waals surface area contributed by atoms with E-state index in [4.69, 9.17) is 0 Å². The Bertz CT molecular complexity index is 1020. The average molecular weight is 726 g/mol. The second-order valence-electron chi connectivity index (χ2n) is 10.9. The van der Waals surface area contributed by atoms with E-state index in [1.807, 2.05) is 6.92 Å². The minimum absolute atomic E-state index is 0.125. The van der Waals surface area contributed by atoms with Gasteiger partial charge < -0.3 is 4.74 Å². The van der Waals surface area contributed by atoms with E-state index < -0.39 is 78.7 Å². The van der Waals surface area contributed by atoms with Crippen LogP contribution in [0.5, 0.6) is 0 Å². The van der Waals surface area contributed by atoms with E-state index in [1.54, 1.807) is 0 Å². The Balaban J connectivity index is 3.17. The summed E-state index contributed by atoms with van der Waals surface area (Å²) in [5.41, 5.74) is 0. The van der Waals surface area contributed by atoms with E-state index in [0.29, 0.717) is 31.6 Å². The number of halogens is 20. The van der Waals surface area contributed by atoms with Crippen molar-refractivity contribution in [2.75, 3.05) is 6.61 Å².